The molecule has 1 aromatic rings. The fourth-order valence-corrected chi connectivity index (χ4v) is 4.71. The van der Waals surface area contributed by atoms with Gasteiger partial charge in [0.25, 0.3) is 5.91 Å². The first-order chi connectivity index (χ1) is 13.5. The predicted octanol–water partition coefficient (Wildman–Crippen LogP) is 2.10. The Balaban J connectivity index is 1.30. The molecule has 0 aromatic heterocycles. The Hall–Kier alpha value is -1.50. The summed E-state index contributed by atoms with van der Waals surface area (Å²) < 4.78 is 13.1. The van der Waals surface area contributed by atoms with Gasteiger partial charge in [0.15, 0.2) is 5.60 Å². The highest BCUT2D eigenvalue weighted by Crippen LogP contribution is 2.28. The Morgan fingerprint density at radius 2 is 1.68 bits per heavy atom. The Morgan fingerprint density at radius 1 is 1.00 bits per heavy atom. The summed E-state index contributed by atoms with van der Waals surface area (Å²) in [5.74, 6) is 0.428. The van der Waals surface area contributed by atoms with Crippen LogP contribution in [-0.2, 0) is 11.3 Å². The molecule has 1 unspecified atom stereocenters. The zero-order valence-electron chi connectivity index (χ0n) is 16.7. The Morgan fingerprint density at radius 3 is 2.32 bits per heavy atom. The zero-order valence-corrected chi connectivity index (χ0v) is 16.7. The van der Waals surface area contributed by atoms with Gasteiger partial charge in [-0.2, -0.15) is 0 Å². The topological polar surface area (TPSA) is 47.0 Å². The summed E-state index contributed by atoms with van der Waals surface area (Å²) in [5.41, 5.74) is -0.405. The molecule has 3 fully saturated rings. The smallest absolute Gasteiger partial charge is 0.256 e. The van der Waals surface area contributed by atoms with E-state index in [1.54, 1.807) is 17.0 Å². The first kappa shape index (κ1) is 19.8. The average molecular weight is 390 g/mol. The summed E-state index contributed by atoms with van der Waals surface area (Å²) in [6.07, 6.45) is 5.45. The van der Waals surface area contributed by atoms with Crippen molar-refractivity contribution in [2.24, 2.45) is 5.92 Å². The minimum atomic E-state index is -1.30. The predicted molar refractivity (Wildman–Crippen MR) is 106 cm³/mol. The molecule has 5 nitrogen and oxygen atoms in total. The van der Waals surface area contributed by atoms with Crippen molar-refractivity contribution in [2.45, 2.75) is 44.2 Å². The van der Waals surface area contributed by atoms with Crippen LogP contribution < -0.4 is 0 Å². The number of nitrogens with zero attached hydrogens (tertiary/aromatic N) is 3. The molecule has 0 spiro atoms. The second-order valence-corrected chi connectivity index (χ2v) is 8.86. The van der Waals surface area contributed by atoms with Crippen molar-refractivity contribution < 1.29 is 14.3 Å². The van der Waals surface area contributed by atoms with Gasteiger partial charge in [0, 0.05) is 52.4 Å². The lowest BCUT2D eigenvalue weighted by atomic mass is 9.85. The van der Waals surface area contributed by atoms with Gasteiger partial charge in [0.05, 0.1) is 0 Å². The van der Waals surface area contributed by atoms with Crippen LogP contribution in [-0.4, -0.2) is 77.1 Å². The van der Waals surface area contributed by atoms with Crippen molar-refractivity contribution in [3.05, 3.63) is 35.6 Å². The summed E-state index contributed by atoms with van der Waals surface area (Å²) in [6.45, 7) is 6.59. The number of aliphatic hydroxyl groups is 1. The number of likely N-dealkylation sites (tertiary alicyclic amines) is 1. The Bertz CT molecular complexity index is 671. The van der Waals surface area contributed by atoms with Gasteiger partial charge in [-0.05, 0) is 49.3 Å². The molecular formula is C22H32FN3O2. The lowest BCUT2D eigenvalue weighted by molar-refractivity contribution is -0.160. The number of β-amino-alcohol motifs (C(OH)–C–C–N with tert-alkyl or cyclic N) is 1. The van der Waals surface area contributed by atoms with Crippen molar-refractivity contribution in [1.82, 2.24) is 14.7 Å². The monoisotopic (exact) mass is 389 g/mol. The molecule has 1 aromatic carbocycles. The van der Waals surface area contributed by atoms with Crippen molar-refractivity contribution in [2.75, 3.05) is 45.8 Å². The number of amides is 1. The van der Waals surface area contributed by atoms with Crippen LogP contribution in [0.25, 0.3) is 0 Å². The van der Waals surface area contributed by atoms with E-state index in [9.17, 15) is 14.3 Å². The van der Waals surface area contributed by atoms with Crippen LogP contribution >= 0.6 is 0 Å². The summed E-state index contributed by atoms with van der Waals surface area (Å²) in [5, 5.41) is 11.1. The van der Waals surface area contributed by atoms with Crippen molar-refractivity contribution in [1.29, 1.82) is 0 Å². The molecule has 1 N–H and O–H groups in total. The van der Waals surface area contributed by atoms with E-state index in [1.165, 1.54) is 37.9 Å². The van der Waals surface area contributed by atoms with Crippen LogP contribution in [0.3, 0.4) is 0 Å². The Labute approximate surface area is 167 Å². The van der Waals surface area contributed by atoms with Crippen molar-refractivity contribution in [3.63, 3.8) is 0 Å². The standard InChI is InChI=1S/C22H32FN3O2/c23-20-7-5-19(6-8-20)16-26-10-2-9-22(28,21(26)27)17-25-13-11-24(12-14-25)15-18-3-1-4-18/h5-8,18,28H,1-4,9-17H2. The van der Waals surface area contributed by atoms with Gasteiger partial charge in [-0.1, -0.05) is 18.6 Å². The van der Waals surface area contributed by atoms with Crippen LogP contribution in [0.15, 0.2) is 24.3 Å². The van der Waals surface area contributed by atoms with Crippen LogP contribution in [0, 0.1) is 11.7 Å². The molecule has 1 aliphatic carbocycles. The third-order valence-electron chi connectivity index (χ3n) is 6.68. The highest BCUT2D eigenvalue weighted by molar-refractivity contribution is 5.86. The van der Waals surface area contributed by atoms with Crippen LogP contribution in [0.4, 0.5) is 4.39 Å². The highest BCUT2D eigenvalue weighted by Gasteiger charge is 2.43. The average Bonchev–Trinajstić information content (AvgIpc) is 2.65. The molecule has 2 saturated heterocycles. The second kappa shape index (κ2) is 8.47. The van der Waals surface area contributed by atoms with Gasteiger partial charge in [-0.15, -0.1) is 0 Å². The van der Waals surface area contributed by atoms with Gasteiger partial charge in [0.2, 0.25) is 0 Å². The van der Waals surface area contributed by atoms with E-state index in [1.807, 2.05) is 0 Å². The third kappa shape index (κ3) is 4.56. The number of carbonyl (C=O) groups excluding carboxylic acids is 1. The van der Waals surface area contributed by atoms with E-state index in [4.69, 9.17) is 0 Å². The number of benzene rings is 1. The number of rotatable bonds is 6. The molecule has 3 aliphatic rings. The van der Waals surface area contributed by atoms with E-state index in [0.29, 0.717) is 26.1 Å². The number of halogens is 1. The fourth-order valence-electron chi connectivity index (χ4n) is 4.71. The molecule has 4 rings (SSSR count). The molecular weight excluding hydrogens is 357 g/mol. The number of piperidine rings is 1. The van der Waals surface area contributed by atoms with E-state index < -0.39 is 5.60 Å². The summed E-state index contributed by atoms with van der Waals surface area (Å²) in [4.78, 5) is 19.5. The third-order valence-corrected chi connectivity index (χ3v) is 6.68. The maximum Gasteiger partial charge on any atom is 0.256 e. The van der Waals surface area contributed by atoms with E-state index in [0.717, 1.165) is 44.1 Å². The number of hydrogen-bond donors (Lipinski definition) is 1. The largest absolute Gasteiger partial charge is 0.379 e. The first-order valence-corrected chi connectivity index (χ1v) is 10.7. The summed E-state index contributed by atoms with van der Waals surface area (Å²) in [7, 11) is 0. The minimum Gasteiger partial charge on any atom is -0.379 e. The van der Waals surface area contributed by atoms with Crippen molar-refractivity contribution >= 4 is 5.91 Å². The summed E-state index contributed by atoms with van der Waals surface area (Å²) >= 11 is 0. The fraction of sp³-hybridized carbons (Fsp3) is 0.682. The molecule has 0 bridgehead atoms. The molecule has 0 radical (unpaired) electrons. The minimum absolute atomic E-state index is 0.181. The lowest BCUT2D eigenvalue weighted by Crippen LogP contribution is -2.60. The molecule has 28 heavy (non-hydrogen) atoms. The van der Waals surface area contributed by atoms with Crippen LogP contribution in [0.5, 0.6) is 0 Å². The number of piperazine rings is 1. The van der Waals surface area contributed by atoms with E-state index in [-0.39, 0.29) is 11.7 Å². The van der Waals surface area contributed by atoms with Crippen LogP contribution in [0.2, 0.25) is 0 Å². The SMILES string of the molecule is O=C1N(Cc2ccc(F)cc2)CCCC1(O)CN1CCN(CC2CCC2)CC1. The van der Waals surface area contributed by atoms with Gasteiger partial charge in [0.1, 0.15) is 5.82 Å². The molecule has 1 amide bonds. The van der Waals surface area contributed by atoms with E-state index in [2.05, 4.69) is 9.80 Å². The lowest BCUT2D eigenvalue weighted by Gasteiger charge is -2.43. The Kier molecular flexibility index (Phi) is 5.99. The van der Waals surface area contributed by atoms with Crippen LogP contribution in [0.1, 0.15) is 37.7 Å². The number of hydrogen-bond acceptors (Lipinski definition) is 4. The van der Waals surface area contributed by atoms with Gasteiger partial charge >= 0.3 is 0 Å². The van der Waals surface area contributed by atoms with Gasteiger partial charge in [-0.25, -0.2) is 4.39 Å². The number of carbonyl (C=O) groups is 1. The molecule has 2 heterocycles. The summed E-state index contributed by atoms with van der Waals surface area (Å²) in [6, 6.07) is 6.24. The molecule has 2 aliphatic heterocycles. The normalized spacial score (nSPS) is 27.8. The quantitative estimate of drug-likeness (QED) is 0.810. The van der Waals surface area contributed by atoms with Gasteiger partial charge in [-0.3, -0.25) is 9.69 Å². The molecule has 1 atom stereocenters. The van der Waals surface area contributed by atoms with Gasteiger partial charge < -0.3 is 14.9 Å². The zero-order chi connectivity index (χ0) is 19.6. The maximum absolute atomic E-state index is 13.1. The van der Waals surface area contributed by atoms with Crippen molar-refractivity contribution in [3.8, 4) is 0 Å². The highest BCUT2D eigenvalue weighted by atomic mass is 19.1. The first-order valence-electron chi connectivity index (χ1n) is 10.7. The van der Waals surface area contributed by atoms with E-state index >= 15 is 0 Å². The molecule has 6 heteroatoms. The molecule has 154 valence electrons. The maximum atomic E-state index is 13.1. The second-order valence-electron chi connectivity index (χ2n) is 8.86. The molecule has 1 saturated carbocycles.